The molecular weight excluding hydrogens is 221 g/mol. The molecule has 0 bridgehead atoms. The predicted molar refractivity (Wildman–Crippen MR) is 54.0 cm³/mol. The van der Waals surface area contributed by atoms with E-state index in [0.29, 0.717) is 6.54 Å². The number of halogens is 3. The average Bonchev–Trinajstić information content (AvgIpc) is 2.65. The first-order valence-electron chi connectivity index (χ1n) is 5.42. The molecule has 1 heterocycles. The van der Waals surface area contributed by atoms with Crippen LogP contribution in [0.15, 0.2) is 0 Å². The van der Waals surface area contributed by atoms with Crippen LogP contribution in [-0.2, 0) is 4.79 Å². The van der Waals surface area contributed by atoms with E-state index in [-0.39, 0.29) is 6.04 Å². The molecule has 1 rings (SSSR count). The molecule has 1 saturated heterocycles. The van der Waals surface area contributed by atoms with Crippen LogP contribution in [0.2, 0.25) is 0 Å². The van der Waals surface area contributed by atoms with Crippen molar-refractivity contribution >= 4 is 5.91 Å². The lowest BCUT2D eigenvalue weighted by molar-refractivity contribution is -0.148. The van der Waals surface area contributed by atoms with Gasteiger partial charge in [-0.2, -0.15) is 13.2 Å². The lowest BCUT2D eigenvalue weighted by atomic mass is 10.2. The number of rotatable bonds is 4. The van der Waals surface area contributed by atoms with Gasteiger partial charge in [-0.1, -0.05) is 0 Å². The summed E-state index contributed by atoms with van der Waals surface area (Å²) in [5.41, 5.74) is 0. The summed E-state index contributed by atoms with van der Waals surface area (Å²) in [6.07, 6.45) is -3.69. The Hall–Kier alpha value is -0.780. The average molecular weight is 238 g/mol. The summed E-state index contributed by atoms with van der Waals surface area (Å²) < 4.78 is 35.7. The predicted octanol–water partition coefficient (Wildman–Crippen LogP) is 1.54. The summed E-state index contributed by atoms with van der Waals surface area (Å²) in [7, 11) is 1.55. The highest BCUT2D eigenvalue weighted by atomic mass is 19.4. The molecule has 0 aromatic heterocycles. The Balaban J connectivity index is 2.24. The van der Waals surface area contributed by atoms with Crippen LogP contribution in [-0.4, -0.2) is 43.2 Å². The lowest BCUT2D eigenvalue weighted by Crippen LogP contribution is -2.38. The molecule has 0 aliphatic carbocycles. The van der Waals surface area contributed by atoms with Gasteiger partial charge in [0.25, 0.3) is 0 Å². The van der Waals surface area contributed by atoms with Crippen LogP contribution in [0, 0.1) is 0 Å². The van der Waals surface area contributed by atoms with Crippen LogP contribution in [0.1, 0.15) is 25.7 Å². The minimum atomic E-state index is -4.25. The van der Waals surface area contributed by atoms with Crippen LogP contribution in [0.5, 0.6) is 0 Å². The quantitative estimate of drug-likeness (QED) is 0.805. The maximum Gasteiger partial charge on any atom is 0.389 e. The standard InChI is InChI=1S/C10H17F3N2O/c1-15(7-8-3-2-6-14-8)9(16)4-5-10(11,12)13/h8,14H,2-7H2,1H3. The number of nitrogens with one attached hydrogen (secondary N) is 1. The molecule has 0 saturated carbocycles. The third kappa shape index (κ3) is 4.83. The molecule has 0 aromatic carbocycles. The van der Waals surface area contributed by atoms with Crippen molar-refractivity contribution in [1.29, 1.82) is 0 Å². The number of hydrogen-bond donors (Lipinski definition) is 1. The Bertz CT molecular complexity index is 237. The normalized spacial score (nSPS) is 21.1. The Labute approximate surface area is 93.0 Å². The SMILES string of the molecule is CN(CC1CCCN1)C(=O)CCC(F)(F)F. The van der Waals surface area contributed by atoms with Gasteiger partial charge >= 0.3 is 6.18 Å². The van der Waals surface area contributed by atoms with Gasteiger partial charge in [0.05, 0.1) is 6.42 Å². The number of carbonyl (C=O) groups excluding carboxylic acids is 1. The van der Waals surface area contributed by atoms with E-state index >= 15 is 0 Å². The number of hydrogen-bond acceptors (Lipinski definition) is 2. The fourth-order valence-electron chi connectivity index (χ4n) is 1.78. The zero-order chi connectivity index (χ0) is 12.2. The van der Waals surface area contributed by atoms with Crippen molar-refractivity contribution in [2.75, 3.05) is 20.1 Å². The summed E-state index contributed by atoms with van der Waals surface area (Å²) in [6, 6.07) is 0.236. The van der Waals surface area contributed by atoms with Gasteiger partial charge in [-0.05, 0) is 19.4 Å². The number of alkyl halides is 3. The first kappa shape index (κ1) is 13.3. The zero-order valence-corrected chi connectivity index (χ0v) is 9.31. The third-order valence-electron chi connectivity index (χ3n) is 2.70. The van der Waals surface area contributed by atoms with E-state index in [2.05, 4.69) is 5.32 Å². The van der Waals surface area contributed by atoms with Crippen molar-refractivity contribution in [3.63, 3.8) is 0 Å². The minimum absolute atomic E-state index is 0.236. The van der Waals surface area contributed by atoms with Gasteiger partial charge in [-0.3, -0.25) is 4.79 Å². The van der Waals surface area contributed by atoms with E-state index in [1.807, 2.05) is 0 Å². The molecule has 94 valence electrons. The van der Waals surface area contributed by atoms with Gasteiger partial charge in [0.1, 0.15) is 0 Å². The van der Waals surface area contributed by atoms with Crippen LogP contribution in [0.3, 0.4) is 0 Å². The Morgan fingerprint density at radius 3 is 2.69 bits per heavy atom. The Morgan fingerprint density at radius 2 is 2.19 bits per heavy atom. The maximum absolute atomic E-state index is 11.9. The van der Waals surface area contributed by atoms with Crippen molar-refractivity contribution in [2.45, 2.75) is 37.9 Å². The smallest absolute Gasteiger partial charge is 0.344 e. The molecule has 1 atom stereocenters. The second-order valence-corrected chi connectivity index (χ2v) is 4.18. The van der Waals surface area contributed by atoms with E-state index < -0.39 is 24.9 Å². The van der Waals surface area contributed by atoms with Gasteiger partial charge in [0.15, 0.2) is 0 Å². The zero-order valence-electron chi connectivity index (χ0n) is 9.31. The summed E-state index contributed by atoms with van der Waals surface area (Å²) in [5, 5.41) is 3.20. The highest BCUT2D eigenvalue weighted by molar-refractivity contribution is 5.75. The molecule has 1 N–H and O–H groups in total. The summed E-state index contributed by atoms with van der Waals surface area (Å²) >= 11 is 0. The molecule has 1 amide bonds. The van der Waals surface area contributed by atoms with Gasteiger partial charge in [-0.15, -0.1) is 0 Å². The molecule has 0 radical (unpaired) electrons. The Morgan fingerprint density at radius 1 is 1.50 bits per heavy atom. The molecule has 6 heteroatoms. The fraction of sp³-hybridized carbons (Fsp3) is 0.900. The van der Waals surface area contributed by atoms with Crippen LogP contribution < -0.4 is 5.32 Å². The molecule has 1 unspecified atom stereocenters. The van der Waals surface area contributed by atoms with E-state index in [9.17, 15) is 18.0 Å². The van der Waals surface area contributed by atoms with Crippen molar-refractivity contribution in [2.24, 2.45) is 0 Å². The summed E-state index contributed by atoms with van der Waals surface area (Å²) in [5.74, 6) is -0.439. The molecule has 1 aliphatic rings. The van der Waals surface area contributed by atoms with Crippen LogP contribution in [0.25, 0.3) is 0 Å². The summed E-state index contributed by atoms with van der Waals surface area (Å²) in [6.45, 7) is 1.42. The van der Waals surface area contributed by atoms with Crippen molar-refractivity contribution < 1.29 is 18.0 Å². The van der Waals surface area contributed by atoms with Gasteiger partial charge < -0.3 is 10.2 Å². The molecule has 1 fully saturated rings. The number of carbonyl (C=O) groups is 1. The monoisotopic (exact) mass is 238 g/mol. The van der Waals surface area contributed by atoms with Crippen molar-refractivity contribution in [3.05, 3.63) is 0 Å². The van der Waals surface area contributed by atoms with Crippen LogP contribution in [0.4, 0.5) is 13.2 Å². The van der Waals surface area contributed by atoms with Gasteiger partial charge in [0, 0.05) is 26.1 Å². The molecule has 0 aromatic rings. The number of likely N-dealkylation sites (N-methyl/N-ethyl adjacent to an activating group) is 1. The summed E-state index contributed by atoms with van der Waals surface area (Å²) in [4.78, 5) is 12.8. The van der Waals surface area contributed by atoms with E-state index in [1.54, 1.807) is 7.05 Å². The maximum atomic E-state index is 11.9. The van der Waals surface area contributed by atoms with Crippen molar-refractivity contribution in [1.82, 2.24) is 10.2 Å². The van der Waals surface area contributed by atoms with Gasteiger partial charge in [-0.25, -0.2) is 0 Å². The first-order chi connectivity index (χ1) is 7.38. The number of amides is 1. The fourth-order valence-corrected chi connectivity index (χ4v) is 1.78. The number of nitrogens with zero attached hydrogens (tertiary/aromatic N) is 1. The highest BCUT2D eigenvalue weighted by Gasteiger charge is 2.29. The first-order valence-corrected chi connectivity index (χ1v) is 5.42. The minimum Gasteiger partial charge on any atom is -0.344 e. The van der Waals surface area contributed by atoms with E-state index in [0.717, 1.165) is 19.4 Å². The third-order valence-corrected chi connectivity index (χ3v) is 2.70. The molecule has 0 spiro atoms. The molecule has 1 aliphatic heterocycles. The lowest BCUT2D eigenvalue weighted by Gasteiger charge is -2.21. The second kappa shape index (κ2) is 5.52. The van der Waals surface area contributed by atoms with Crippen LogP contribution >= 0.6 is 0 Å². The largest absolute Gasteiger partial charge is 0.389 e. The molecule has 3 nitrogen and oxygen atoms in total. The van der Waals surface area contributed by atoms with E-state index in [4.69, 9.17) is 0 Å². The van der Waals surface area contributed by atoms with E-state index in [1.165, 1.54) is 4.90 Å². The Kier molecular flexibility index (Phi) is 4.58. The second-order valence-electron chi connectivity index (χ2n) is 4.18. The topological polar surface area (TPSA) is 32.3 Å². The van der Waals surface area contributed by atoms with Crippen molar-refractivity contribution in [3.8, 4) is 0 Å². The molecule has 16 heavy (non-hydrogen) atoms. The molecular formula is C10H17F3N2O. The highest BCUT2D eigenvalue weighted by Crippen LogP contribution is 2.21. The van der Waals surface area contributed by atoms with Gasteiger partial charge in [0.2, 0.25) is 5.91 Å².